The van der Waals surface area contributed by atoms with E-state index < -0.39 is 0 Å². The first-order valence-corrected chi connectivity index (χ1v) is 8.62. The molecule has 3 N–H and O–H groups in total. The Morgan fingerprint density at radius 2 is 1.96 bits per heavy atom. The number of aromatic nitrogens is 2. The first-order valence-electron chi connectivity index (χ1n) is 8.62. The SMILES string of the molecule is Cc1n[nH]c(C)c1NC(=O)CN(Cc1ccccc1)C(CO)C(C)C. The van der Waals surface area contributed by atoms with Crippen molar-refractivity contribution in [2.75, 3.05) is 18.5 Å². The van der Waals surface area contributed by atoms with Crippen LogP contribution in [0.5, 0.6) is 0 Å². The molecule has 6 nitrogen and oxygen atoms in total. The molecule has 136 valence electrons. The van der Waals surface area contributed by atoms with Gasteiger partial charge in [-0.05, 0) is 25.3 Å². The molecule has 25 heavy (non-hydrogen) atoms. The quantitative estimate of drug-likeness (QED) is 0.687. The summed E-state index contributed by atoms with van der Waals surface area (Å²) in [5, 5.41) is 19.7. The monoisotopic (exact) mass is 344 g/mol. The minimum Gasteiger partial charge on any atom is -0.395 e. The number of hydrogen-bond donors (Lipinski definition) is 3. The molecule has 0 radical (unpaired) electrons. The van der Waals surface area contributed by atoms with Crippen LogP contribution in [0.25, 0.3) is 0 Å². The number of benzene rings is 1. The van der Waals surface area contributed by atoms with E-state index in [0.29, 0.717) is 6.54 Å². The summed E-state index contributed by atoms with van der Waals surface area (Å²) >= 11 is 0. The molecule has 0 aliphatic rings. The number of carbonyl (C=O) groups is 1. The largest absolute Gasteiger partial charge is 0.395 e. The number of aromatic amines is 1. The predicted molar refractivity (Wildman–Crippen MR) is 99.3 cm³/mol. The highest BCUT2D eigenvalue weighted by Crippen LogP contribution is 2.18. The van der Waals surface area contributed by atoms with Gasteiger partial charge in [-0.3, -0.25) is 14.8 Å². The summed E-state index contributed by atoms with van der Waals surface area (Å²) < 4.78 is 0. The van der Waals surface area contributed by atoms with Crippen molar-refractivity contribution in [2.24, 2.45) is 5.92 Å². The van der Waals surface area contributed by atoms with E-state index in [0.717, 1.165) is 22.6 Å². The van der Waals surface area contributed by atoms with Crippen LogP contribution in [0.15, 0.2) is 30.3 Å². The third-order valence-electron chi connectivity index (χ3n) is 4.39. The van der Waals surface area contributed by atoms with Gasteiger partial charge in [0.2, 0.25) is 5.91 Å². The third-order valence-corrected chi connectivity index (χ3v) is 4.39. The second-order valence-corrected chi connectivity index (χ2v) is 6.74. The summed E-state index contributed by atoms with van der Waals surface area (Å²) in [6.45, 7) is 8.68. The normalized spacial score (nSPS) is 12.6. The lowest BCUT2D eigenvalue weighted by Gasteiger charge is -2.32. The molecule has 1 heterocycles. The molecular formula is C19H28N4O2. The van der Waals surface area contributed by atoms with Crippen LogP contribution in [-0.4, -0.2) is 45.3 Å². The highest BCUT2D eigenvalue weighted by molar-refractivity contribution is 5.93. The Morgan fingerprint density at radius 3 is 2.48 bits per heavy atom. The minimum absolute atomic E-state index is 0.0154. The summed E-state index contributed by atoms with van der Waals surface area (Å²) in [5.74, 6) is 0.126. The van der Waals surface area contributed by atoms with Crippen molar-refractivity contribution in [1.29, 1.82) is 0 Å². The molecule has 2 aromatic rings. The van der Waals surface area contributed by atoms with Crippen LogP contribution in [0.2, 0.25) is 0 Å². The molecule has 0 bridgehead atoms. The van der Waals surface area contributed by atoms with Crippen LogP contribution >= 0.6 is 0 Å². The molecule has 0 saturated heterocycles. The molecule has 0 spiro atoms. The molecule has 1 aromatic heterocycles. The molecule has 0 fully saturated rings. The van der Waals surface area contributed by atoms with E-state index in [1.165, 1.54) is 0 Å². The fourth-order valence-electron chi connectivity index (χ4n) is 2.95. The van der Waals surface area contributed by atoms with Gasteiger partial charge in [-0.25, -0.2) is 0 Å². The van der Waals surface area contributed by atoms with Crippen LogP contribution in [0.4, 0.5) is 5.69 Å². The molecular weight excluding hydrogens is 316 g/mol. The Hall–Kier alpha value is -2.18. The van der Waals surface area contributed by atoms with Crippen LogP contribution in [0, 0.1) is 19.8 Å². The maximum absolute atomic E-state index is 12.6. The standard InChI is InChI=1S/C19H28N4O2/c1-13(2)17(12-24)23(10-16-8-6-5-7-9-16)11-18(25)20-19-14(3)21-22-15(19)4/h5-9,13,17,24H,10-12H2,1-4H3,(H,20,25)(H,21,22). The van der Waals surface area contributed by atoms with E-state index >= 15 is 0 Å². The molecule has 1 unspecified atom stereocenters. The maximum atomic E-state index is 12.6. The van der Waals surface area contributed by atoms with Crippen molar-refractivity contribution in [1.82, 2.24) is 15.1 Å². The van der Waals surface area contributed by atoms with Gasteiger partial charge in [0, 0.05) is 12.6 Å². The van der Waals surface area contributed by atoms with Crippen LogP contribution in [0.1, 0.15) is 30.8 Å². The molecule has 0 aliphatic heterocycles. The highest BCUT2D eigenvalue weighted by Gasteiger charge is 2.24. The maximum Gasteiger partial charge on any atom is 0.238 e. The van der Waals surface area contributed by atoms with Gasteiger partial charge in [-0.1, -0.05) is 44.2 Å². The van der Waals surface area contributed by atoms with E-state index in [4.69, 9.17) is 0 Å². The number of amides is 1. The Labute approximate surface area is 149 Å². The smallest absolute Gasteiger partial charge is 0.238 e. The lowest BCUT2D eigenvalue weighted by Crippen LogP contribution is -2.45. The Bertz CT molecular complexity index is 662. The number of nitrogens with zero attached hydrogens (tertiary/aromatic N) is 2. The van der Waals surface area contributed by atoms with Gasteiger partial charge in [0.05, 0.1) is 30.2 Å². The van der Waals surface area contributed by atoms with Crippen molar-refractivity contribution in [3.63, 3.8) is 0 Å². The molecule has 0 saturated carbocycles. The first kappa shape index (κ1) is 19.1. The number of aliphatic hydroxyl groups is 1. The number of hydrogen-bond acceptors (Lipinski definition) is 4. The zero-order valence-electron chi connectivity index (χ0n) is 15.4. The van der Waals surface area contributed by atoms with Crippen LogP contribution < -0.4 is 5.32 Å². The summed E-state index contributed by atoms with van der Waals surface area (Å²) in [6, 6.07) is 9.91. The number of nitrogens with one attached hydrogen (secondary N) is 2. The van der Waals surface area contributed by atoms with Crippen molar-refractivity contribution in [3.05, 3.63) is 47.3 Å². The zero-order valence-corrected chi connectivity index (χ0v) is 15.4. The summed E-state index contributed by atoms with van der Waals surface area (Å²) in [6.07, 6.45) is 0. The topological polar surface area (TPSA) is 81.2 Å². The molecule has 6 heteroatoms. The first-order chi connectivity index (χ1) is 11.9. The van der Waals surface area contributed by atoms with Gasteiger partial charge in [0.1, 0.15) is 0 Å². The van der Waals surface area contributed by atoms with Crippen molar-refractivity contribution in [3.8, 4) is 0 Å². The second-order valence-electron chi connectivity index (χ2n) is 6.74. The molecule has 1 aromatic carbocycles. The van der Waals surface area contributed by atoms with Crippen molar-refractivity contribution < 1.29 is 9.90 Å². The number of anilines is 1. The fraction of sp³-hybridized carbons (Fsp3) is 0.474. The number of aryl methyl sites for hydroxylation is 2. The fourth-order valence-corrected chi connectivity index (χ4v) is 2.95. The Morgan fingerprint density at radius 1 is 1.28 bits per heavy atom. The summed E-state index contributed by atoms with van der Waals surface area (Å²) in [7, 11) is 0. The number of carbonyl (C=O) groups excluding carboxylic acids is 1. The Kier molecular flexibility index (Phi) is 6.73. The number of H-pyrrole nitrogens is 1. The van der Waals surface area contributed by atoms with Gasteiger partial charge < -0.3 is 10.4 Å². The summed E-state index contributed by atoms with van der Waals surface area (Å²) in [5.41, 5.74) is 3.45. The second kappa shape index (κ2) is 8.78. The van der Waals surface area contributed by atoms with Gasteiger partial charge >= 0.3 is 0 Å². The Balaban J connectivity index is 2.13. The van der Waals surface area contributed by atoms with Crippen molar-refractivity contribution >= 4 is 11.6 Å². The van der Waals surface area contributed by atoms with Gasteiger partial charge in [0.25, 0.3) is 0 Å². The average Bonchev–Trinajstić information content (AvgIpc) is 2.88. The highest BCUT2D eigenvalue weighted by atomic mass is 16.3. The van der Waals surface area contributed by atoms with Gasteiger partial charge in [0.15, 0.2) is 0 Å². The van der Waals surface area contributed by atoms with Gasteiger partial charge in [-0.15, -0.1) is 0 Å². The zero-order chi connectivity index (χ0) is 18.4. The van der Waals surface area contributed by atoms with E-state index in [9.17, 15) is 9.90 Å². The van der Waals surface area contributed by atoms with Crippen LogP contribution in [0.3, 0.4) is 0 Å². The lowest BCUT2D eigenvalue weighted by molar-refractivity contribution is -0.118. The lowest BCUT2D eigenvalue weighted by atomic mass is 10.0. The molecule has 0 aliphatic carbocycles. The third kappa shape index (κ3) is 5.14. The van der Waals surface area contributed by atoms with E-state index in [2.05, 4.69) is 29.4 Å². The predicted octanol–water partition coefficient (Wildman–Crippen LogP) is 2.48. The molecule has 1 amide bonds. The average molecular weight is 344 g/mol. The van der Waals surface area contributed by atoms with Crippen LogP contribution in [-0.2, 0) is 11.3 Å². The summed E-state index contributed by atoms with van der Waals surface area (Å²) in [4.78, 5) is 14.6. The van der Waals surface area contributed by atoms with Crippen molar-refractivity contribution in [2.45, 2.75) is 40.3 Å². The van der Waals surface area contributed by atoms with E-state index in [1.54, 1.807) is 0 Å². The van der Waals surface area contributed by atoms with Gasteiger partial charge in [-0.2, -0.15) is 5.10 Å². The minimum atomic E-state index is -0.109. The van der Waals surface area contributed by atoms with E-state index in [-0.39, 0.29) is 31.0 Å². The molecule has 1 atom stereocenters. The molecule has 2 rings (SSSR count). The number of rotatable bonds is 8. The number of aliphatic hydroxyl groups excluding tert-OH is 1. The van der Waals surface area contributed by atoms with E-state index in [1.807, 2.05) is 49.1 Å².